The molecule has 0 spiro atoms. The van der Waals surface area contributed by atoms with Gasteiger partial charge in [0.1, 0.15) is 11.5 Å². The molecule has 9 heteroatoms. The summed E-state index contributed by atoms with van der Waals surface area (Å²) in [6, 6.07) is 8.28. The lowest BCUT2D eigenvalue weighted by molar-refractivity contribution is 0.0600. The molecule has 0 fully saturated rings. The molecule has 2 aromatic carbocycles. The van der Waals surface area contributed by atoms with Crippen molar-refractivity contribution >= 4 is 27.6 Å². The number of carbonyl (C=O) groups excluding carboxylic acids is 1. The van der Waals surface area contributed by atoms with Crippen molar-refractivity contribution in [3.63, 3.8) is 0 Å². The molecule has 0 heterocycles. The fourth-order valence-electron chi connectivity index (χ4n) is 2.48. The van der Waals surface area contributed by atoms with Gasteiger partial charge in [0.2, 0.25) is 10.0 Å². The average molecular weight is 414 g/mol. The molecular weight excluding hydrogens is 394 g/mol. The van der Waals surface area contributed by atoms with Gasteiger partial charge in [0.25, 0.3) is 0 Å². The van der Waals surface area contributed by atoms with E-state index in [2.05, 4.69) is 9.46 Å². The number of halogens is 1. The van der Waals surface area contributed by atoms with E-state index in [1.807, 2.05) is 0 Å². The quantitative estimate of drug-likeness (QED) is 0.701. The van der Waals surface area contributed by atoms with Crippen molar-refractivity contribution in [2.75, 3.05) is 21.3 Å². The Kier molecular flexibility index (Phi) is 6.69. The molecule has 0 aromatic heterocycles. The van der Waals surface area contributed by atoms with Gasteiger partial charge in [-0.3, -0.25) is 0 Å². The molecule has 1 atom stereocenters. The predicted molar refractivity (Wildman–Crippen MR) is 101 cm³/mol. The number of benzene rings is 2. The maximum atomic E-state index is 12.8. The second kappa shape index (κ2) is 8.60. The summed E-state index contributed by atoms with van der Waals surface area (Å²) < 4.78 is 43.2. The number of sulfonamides is 1. The van der Waals surface area contributed by atoms with Crippen LogP contribution in [-0.2, 0) is 14.8 Å². The van der Waals surface area contributed by atoms with Crippen molar-refractivity contribution in [1.29, 1.82) is 0 Å². The van der Waals surface area contributed by atoms with Gasteiger partial charge in [-0.2, -0.15) is 0 Å². The fraction of sp³-hybridized carbons (Fsp3) is 0.278. The van der Waals surface area contributed by atoms with Gasteiger partial charge >= 0.3 is 5.97 Å². The average Bonchev–Trinajstić information content (AvgIpc) is 2.66. The van der Waals surface area contributed by atoms with Crippen LogP contribution in [-0.4, -0.2) is 35.7 Å². The molecule has 0 unspecified atom stereocenters. The van der Waals surface area contributed by atoms with Crippen molar-refractivity contribution in [3.05, 3.63) is 52.5 Å². The van der Waals surface area contributed by atoms with Crippen LogP contribution in [0.1, 0.15) is 28.9 Å². The minimum Gasteiger partial charge on any atom is -0.497 e. The van der Waals surface area contributed by atoms with Crippen LogP contribution in [0.25, 0.3) is 0 Å². The number of nitrogens with one attached hydrogen (secondary N) is 1. The molecule has 7 nitrogen and oxygen atoms in total. The van der Waals surface area contributed by atoms with Gasteiger partial charge in [0, 0.05) is 11.6 Å². The van der Waals surface area contributed by atoms with Gasteiger partial charge in [-0.1, -0.05) is 11.6 Å². The van der Waals surface area contributed by atoms with Gasteiger partial charge in [0.05, 0.1) is 36.8 Å². The van der Waals surface area contributed by atoms with E-state index >= 15 is 0 Å². The van der Waals surface area contributed by atoms with Gasteiger partial charge in [0.15, 0.2) is 0 Å². The van der Waals surface area contributed by atoms with E-state index in [9.17, 15) is 13.2 Å². The van der Waals surface area contributed by atoms with Gasteiger partial charge in [-0.15, -0.1) is 0 Å². The molecule has 0 bridgehead atoms. The Balaban J connectivity index is 2.38. The second-order valence-electron chi connectivity index (χ2n) is 5.58. The summed E-state index contributed by atoms with van der Waals surface area (Å²) >= 11 is 5.95. The van der Waals surface area contributed by atoms with Gasteiger partial charge in [-0.25, -0.2) is 17.9 Å². The Morgan fingerprint density at radius 1 is 1.07 bits per heavy atom. The van der Waals surface area contributed by atoms with Crippen molar-refractivity contribution in [2.45, 2.75) is 17.9 Å². The summed E-state index contributed by atoms with van der Waals surface area (Å²) in [5, 5.41) is 0.100. The van der Waals surface area contributed by atoms with Crippen LogP contribution in [0.5, 0.6) is 11.5 Å². The number of hydrogen-bond acceptors (Lipinski definition) is 6. The standard InChI is InChI=1S/C18H20ClNO6S/c1-11(14-9-12(24-2)5-8-17(14)25-3)20-27(22,23)13-6-7-16(19)15(10-13)18(21)26-4/h5-11,20H,1-4H3/t11-/m1/s1. The second-order valence-corrected chi connectivity index (χ2v) is 7.71. The molecule has 0 aliphatic carbocycles. The summed E-state index contributed by atoms with van der Waals surface area (Å²) in [5.74, 6) is 0.355. The third-order valence-electron chi connectivity index (χ3n) is 3.89. The van der Waals surface area contributed by atoms with E-state index in [0.717, 1.165) is 0 Å². The van der Waals surface area contributed by atoms with Crippen LogP contribution in [0.15, 0.2) is 41.3 Å². The minimum atomic E-state index is -3.95. The number of rotatable bonds is 7. The molecule has 146 valence electrons. The Bertz CT molecular complexity index is 945. The maximum Gasteiger partial charge on any atom is 0.339 e. The number of ether oxygens (including phenoxy) is 3. The molecule has 0 amide bonds. The molecule has 1 N–H and O–H groups in total. The highest BCUT2D eigenvalue weighted by molar-refractivity contribution is 7.89. The molecule has 0 saturated heterocycles. The first kappa shape index (κ1) is 21.0. The lowest BCUT2D eigenvalue weighted by Gasteiger charge is -2.18. The predicted octanol–water partition coefficient (Wildman–Crippen LogP) is 3.18. The molecule has 0 aliphatic rings. The first-order chi connectivity index (χ1) is 12.7. The highest BCUT2D eigenvalue weighted by Crippen LogP contribution is 2.30. The van der Waals surface area contributed by atoms with Gasteiger partial charge in [-0.05, 0) is 43.3 Å². The van der Waals surface area contributed by atoms with Crippen molar-refractivity contribution in [2.24, 2.45) is 0 Å². The zero-order chi connectivity index (χ0) is 20.2. The number of esters is 1. The minimum absolute atomic E-state index is 0.0337. The summed E-state index contributed by atoms with van der Waals surface area (Å²) in [6.45, 7) is 1.67. The van der Waals surface area contributed by atoms with Crippen LogP contribution in [0.2, 0.25) is 5.02 Å². The summed E-state index contributed by atoms with van der Waals surface area (Å²) in [4.78, 5) is 11.6. The lowest BCUT2D eigenvalue weighted by Crippen LogP contribution is -2.27. The van der Waals surface area contributed by atoms with E-state index in [4.69, 9.17) is 21.1 Å². The normalized spacial score (nSPS) is 12.3. The SMILES string of the molecule is COC(=O)c1cc(S(=O)(=O)N[C@H](C)c2cc(OC)ccc2OC)ccc1Cl. The zero-order valence-electron chi connectivity index (χ0n) is 15.3. The van der Waals surface area contributed by atoms with Crippen molar-refractivity contribution in [1.82, 2.24) is 4.72 Å². The number of hydrogen-bond donors (Lipinski definition) is 1. The molecule has 2 rings (SSSR count). The van der Waals surface area contributed by atoms with E-state index in [1.54, 1.807) is 25.1 Å². The van der Waals surface area contributed by atoms with E-state index in [-0.39, 0.29) is 15.5 Å². The zero-order valence-corrected chi connectivity index (χ0v) is 16.8. The monoisotopic (exact) mass is 413 g/mol. The van der Waals surface area contributed by atoms with Crippen LogP contribution < -0.4 is 14.2 Å². The van der Waals surface area contributed by atoms with Crippen LogP contribution in [0.3, 0.4) is 0 Å². The van der Waals surface area contributed by atoms with Gasteiger partial charge < -0.3 is 14.2 Å². The third kappa shape index (κ3) is 4.71. The highest BCUT2D eigenvalue weighted by Gasteiger charge is 2.23. The molecule has 27 heavy (non-hydrogen) atoms. The lowest BCUT2D eigenvalue weighted by atomic mass is 10.1. The summed E-state index contributed by atoms with van der Waals surface area (Å²) in [6.07, 6.45) is 0. The Morgan fingerprint density at radius 2 is 1.78 bits per heavy atom. The first-order valence-corrected chi connectivity index (χ1v) is 9.71. The molecular formula is C18H20ClNO6S. The molecule has 0 saturated carbocycles. The number of carbonyl (C=O) groups is 1. The smallest absolute Gasteiger partial charge is 0.339 e. The van der Waals surface area contributed by atoms with E-state index in [1.165, 1.54) is 39.5 Å². The van der Waals surface area contributed by atoms with Crippen LogP contribution in [0.4, 0.5) is 0 Å². The third-order valence-corrected chi connectivity index (χ3v) is 5.76. The van der Waals surface area contributed by atoms with Crippen molar-refractivity contribution in [3.8, 4) is 11.5 Å². The molecule has 2 aromatic rings. The van der Waals surface area contributed by atoms with Crippen LogP contribution >= 0.6 is 11.6 Å². The maximum absolute atomic E-state index is 12.8. The highest BCUT2D eigenvalue weighted by atomic mass is 35.5. The Hall–Kier alpha value is -2.29. The van der Waals surface area contributed by atoms with Crippen molar-refractivity contribution < 1.29 is 27.4 Å². The van der Waals surface area contributed by atoms with Crippen LogP contribution in [0, 0.1) is 0 Å². The largest absolute Gasteiger partial charge is 0.497 e. The first-order valence-electron chi connectivity index (χ1n) is 7.85. The Morgan fingerprint density at radius 3 is 2.37 bits per heavy atom. The van der Waals surface area contributed by atoms with E-state index in [0.29, 0.717) is 17.1 Å². The number of methoxy groups -OCH3 is 3. The topological polar surface area (TPSA) is 90.9 Å². The fourth-order valence-corrected chi connectivity index (χ4v) is 3.92. The molecule has 0 radical (unpaired) electrons. The van der Waals surface area contributed by atoms with E-state index < -0.39 is 22.0 Å². The molecule has 0 aliphatic heterocycles. The summed E-state index contributed by atoms with van der Waals surface area (Å²) in [5.41, 5.74) is 0.566. The Labute approximate surface area is 163 Å². The summed E-state index contributed by atoms with van der Waals surface area (Å²) in [7, 11) is 0.254.